The highest BCUT2D eigenvalue weighted by atomic mass is 19.4. The average Bonchev–Trinajstić information content (AvgIpc) is 2.31. The molecule has 0 amide bonds. The smallest absolute Gasteiger partial charge is 0.366 e. The van der Waals surface area contributed by atoms with Crippen molar-refractivity contribution in [2.24, 2.45) is 5.41 Å². The molecule has 0 saturated carbocycles. The summed E-state index contributed by atoms with van der Waals surface area (Å²) < 4.78 is 78.3. The zero-order chi connectivity index (χ0) is 19.1. The summed E-state index contributed by atoms with van der Waals surface area (Å²) in [7, 11) is 0. The lowest BCUT2D eigenvalue weighted by Gasteiger charge is -2.42. The molecule has 1 nitrogen and oxygen atoms in total. The lowest BCUT2D eigenvalue weighted by Crippen LogP contribution is -2.46. The van der Waals surface area contributed by atoms with Crippen LogP contribution in [0.1, 0.15) is 52.7 Å². The third-order valence-corrected chi connectivity index (χ3v) is 3.33. The van der Waals surface area contributed by atoms with Crippen LogP contribution in [0.25, 0.3) is 0 Å². The Hall–Kier alpha value is -1.40. The molecule has 1 aromatic carbocycles. The Morgan fingerprint density at radius 3 is 1.33 bits per heavy atom. The molecule has 0 unspecified atom stereocenters. The van der Waals surface area contributed by atoms with Crippen molar-refractivity contribution in [2.75, 3.05) is 11.4 Å². The monoisotopic (exact) mass is 355 g/mol. The summed E-state index contributed by atoms with van der Waals surface area (Å²) in [5, 5.41) is 0. The number of alkyl halides is 6. The van der Waals surface area contributed by atoms with Crippen LogP contribution in [0.5, 0.6) is 0 Å². The molecule has 24 heavy (non-hydrogen) atoms. The molecule has 0 bridgehead atoms. The van der Waals surface area contributed by atoms with Gasteiger partial charge in [-0.1, -0.05) is 20.8 Å². The predicted octanol–water partition coefficient (Wildman–Crippen LogP) is 6.38. The van der Waals surface area contributed by atoms with E-state index in [1.807, 2.05) is 20.8 Å². The fourth-order valence-electron chi connectivity index (χ4n) is 2.28. The molecule has 0 N–H and O–H groups in total. The zero-order valence-corrected chi connectivity index (χ0v) is 14.7. The molecule has 0 atom stereocenters. The Labute approximate surface area is 138 Å². The van der Waals surface area contributed by atoms with Crippen LogP contribution in [0.3, 0.4) is 0 Å². The Bertz CT molecular complexity index is 540. The Kier molecular flexibility index (Phi) is 5.29. The van der Waals surface area contributed by atoms with Gasteiger partial charge in [0.1, 0.15) is 0 Å². The van der Waals surface area contributed by atoms with Crippen molar-refractivity contribution < 1.29 is 26.3 Å². The number of halogens is 6. The van der Waals surface area contributed by atoms with E-state index in [1.165, 1.54) is 0 Å². The molecule has 0 aliphatic carbocycles. The molecular weight excluding hydrogens is 332 g/mol. The van der Waals surface area contributed by atoms with Crippen molar-refractivity contribution in [1.29, 1.82) is 0 Å². The van der Waals surface area contributed by atoms with Crippen molar-refractivity contribution in [2.45, 2.75) is 59.4 Å². The minimum absolute atomic E-state index is 0.0837. The second kappa shape index (κ2) is 6.15. The summed E-state index contributed by atoms with van der Waals surface area (Å²) in [5.74, 6) is 0. The lowest BCUT2D eigenvalue weighted by atomic mass is 9.92. The highest BCUT2D eigenvalue weighted by molar-refractivity contribution is 5.54. The molecule has 0 heterocycles. The second-order valence-electron chi connectivity index (χ2n) is 8.08. The van der Waals surface area contributed by atoms with Gasteiger partial charge in [0.15, 0.2) is 0 Å². The molecule has 0 radical (unpaired) electrons. The van der Waals surface area contributed by atoms with Gasteiger partial charge in [-0.15, -0.1) is 0 Å². The minimum Gasteiger partial charge on any atom is -0.366 e. The van der Waals surface area contributed by atoms with Gasteiger partial charge < -0.3 is 4.90 Å². The van der Waals surface area contributed by atoms with Gasteiger partial charge in [-0.3, -0.25) is 0 Å². The molecule has 7 heteroatoms. The lowest BCUT2D eigenvalue weighted by molar-refractivity contribution is -0.143. The van der Waals surface area contributed by atoms with E-state index in [1.54, 1.807) is 25.7 Å². The molecule has 0 aliphatic rings. The van der Waals surface area contributed by atoms with Crippen LogP contribution in [-0.4, -0.2) is 12.1 Å². The van der Waals surface area contributed by atoms with Crippen LogP contribution in [0.4, 0.5) is 32.0 Å². The van der Waals surface area contributed by atoms with E-state index in [2.05, 4.69) is 0 Å². The van der Waals surface area contributed by atoms with Gasteiger partial charge in [0, 0.05) is 17.8 Å². The average molecular weight is 355 g/mol. The first-order valence-electron chi connectivity index (χ1n) is 7.48. The highest BCUT2D eigenvalue weighted by Crippen LogP contribution is 2.40. The number of hydrogen-bond donors (Lipinski definition) is 0. The molecule has 0 fully saturated rings. The van der Waals surface area contributed by atoms with E-state index in [0.29, 0.717) is 6.54 Å². The van der Waals surface area contributed by atoms with Crippen LogP contribution >= 0.6 is 0 Å². The maximum atomic E-state index is 13.0. The Morgan fingerprint density at radius 1 is 0.708 bits per heavy atom. The van der Waals surface area contributed by atoms with Crippen LogP contribution in [-0.2, 0) is 12.4 Å². The van der Waals surface area contributed by atoms with Gasteiger partial charge in [0.2, 0.25) is 0 Å². The zero-order valence-electron chi connectivity index (χ0n) is 14.7. The summed E-state index contributed by atoms with van der Waals surface area (Å²) in [6, 6.07) is 1.72. The molecule has 0 spiro atoms. The van der Waals surface area contributed by atoms with Gasteiger partial charge in [-0.25, -0.2) is 0 Å². The van der Waals surface area contributed by atoms with Crippen molar-refractivity contribution >= 4 is 5.69 Å². The standard InChI is InChI=1S/C17H23F6N/c1-14(2,3)10-24(15(4,5)6)13-8-11(16(18,19)20)7-12(9-13)17(21,22)23/h7-9H,10H2,1-6H3. The van der Waals surface area contributed by atoms with Gasteiger partial charge >= 0.3 is 12.4 Å². The SMILES string of the molecule is CC(C)(C)CN(c1cc(C(F)(F)F)cc(C(F)(F)F)c1)C(C)(C)C. The van der Waals surface area contributed by atoms with Crippen LogP contribution < -0.4 is 4.90 Å². The second-order valence-corrected chi connectivity index (χ2v) is 8.08. The first kappa shape index (κ1) is 20.6. The van der Waals surface area contributed by atoms with E-state index in [0.717, 1.165) is 12.1 Å². The summed E-state index contributed by atoms with van der Waals surface area (Å²) in [6.45, 7) is 11.2. The first-order valence-corrected chi connectivity index (χ1v) is 7.48. The van der Waals surface area contributed by atoms with Crippen molar-refractivity contribution in [3.63, 3.8) is 0 Å². The number of benzene rings is 1. The first-order chi connectivity index (χ1) is 10.4. The van der Waals surface area contributed by atoms with Gasteiger partial charge in [0.25, 0.3) is 0 Å². The summed E-state index contributed by atoms with van der Waals surface area (Å²) >= 11 is 0. The normalized spacial score (nSPS) is 14.0. The Morgan fingerprint density at radius 2 is 1.08 bits per heavy atom. The highest BCUT2D eigenvalue weighted by Gasteiger charge is 2.38. The maximum Gasteiger partial charge on any atom is 0.416 e. The molecule has 1 rings (SSSR count). The largest absolute Gasteiger partial charge is 0.416 e. The third kappa shape index (κ3) is 5.60. The van der Waals surface area contributed by atoms with E-state index in [4.69, 9.17) is 0 Å². The van der Waals surface area contributed by atoms with Crippen LogP contribution in [0, 0.1) is 5.41 Å². The fourth-order valence-corrected chi connectivity index (χ4v) is 2.28. The van der Waals surface area contributed by atoms with E-state index in [9.17, 15) is 26.3 Å². The van der Waals surface area contributed by atoms with Gasteiger partial charge in [0.05, 0.1) is 11.1 Å². The molecular formula is C17H23F6N. The fraction of sp³-hybridized carbons (Fsp3) is 0.647. The van der Waals surface area contributed by atoms with E-state index in [-0.39, 0.29) is 17.2 Å². The number of hydrogen-bond acceptors (Lipinski definition) is 1. The summed E-state index contributed by atoms with van der Waals surface area (Å²) in [6.07, 6.45) is -9.69. The van der Waals surface area contributed by atoms with Gasteiger partial charge in [-0.05, 0) is 44.4 Å². The van der Waals surface area contributed by atoms with Gasteiger partial charge in [-0.2, -0.15) is 26.3 Å². The molecule has 0 aliphatic heterocycles. The van der Waals surface area contributed by atoms with Crippen LogP contribution in [0.15, 0.2) is 18.2 Å². The maximum absolute atomic E-state index is 13.0. The third-order valence-electron chi connectivity index (χ3n) is 3.33. The summed E-state index contributed by atoms with van der Waals surface area (Å²) in [5.41, 5.74) is -3.62. The Balaban J connectivity index is 3.58. The van der Waals surface area contributed by atoms with Crippen LogP contribution in [0.2, 0.25) is 0 Å². The topological polar surface area (TPSA) is 3.24 Å². The molecule has 0 saturated heterocycles. The van der Waals surface area contributed by atoms with E-state index >= 15 is 0 Å². The quantitative estimate of drug-likeness (QED) is 0.557. The minimum atomic E-state index is -4.85. The van der Waals surface area contributed by atoms with Crippen molar-refractivity contribution in [3.05, 3.63) is 29.3 Å². The van der Waals surface area contributed by atoms with Crippen molar-refractivity contribution in [3.8, 4) is 0 Å². The number of nitrogens with zero attached hydrogens (tertiary/aromatic N) is 1. The van der Waals surface area contributed by atoms with E-state index < -0.39 is 29.0 Å². The molecule has 1 aromatic rings. The molecule has 138 valence electrons. The number of rotatable bonds is 2. The predicted molar refractivity (Wildman–Crippen MR) is 83.0 cm³/mol. The summed E-state index contributed by atoms with van der Waals surface area (Å²) in [4.78, 5) is 1.58. The molecule has 0 aromatic heterocycles. The van der Waals surface area contributed by atoms with Crippen molar-refractivity contribution in [1.82, 2.24) is 0 Å². The number of anilines is 1.